The summed E-state index contributed by atoms with van der Waals surface area (Å²) in [5, 5.41) is 0.850. The number of ether oxygens (including phenoxy) is 1. The number of hydrogen-bond acceptors (Lipinski definition) is 5. The second kappa shape index (κ2) is 7.17. The summed E-state index contributed by atoms with van der Waals surface area (Å²) in [6, 6.07) is 10.1. The first-order chi connectivity index (χ1) is 11.9. The summed E-state index contributed by atoms with van der Waals surface area (Å²) in [5.74, 6) is 0.651. The zero-order valence-electron chi connectivity index (χ0n) is 13.2. The third kappa shape index (κ3) is 4.04. The Morgan fingerprint density at radius 1 is 1.24 bits per heavy atom. The number of H-pyrrole nitrogens is 1. The topological polar surface area (TPSA) is 88.3 Å². The van der Waals surface area contributed by atoms with Gasteiger partial charge in [-0.25, -0.2) is 13.1 Å². The lowest BCUT2D eigenvalue weighted by Gasteiger charge is -2.07. The molecule has 0 aliphatic rings. The summed E-state index contributed by atoms with van der Waals surface area (Å²) < 4.78 is 32.5. The number of pyridine rings is 1. The van der Waals surface area contributed by atoms with Crippen LogP contribution in [0.1, 0.15) is 5.56 Å². The number of fused-ring (bicyclic) bond motifs is 1. The Labute approximate surface area is 153 Å². The fourth-order valence-corrected chi connectivity index (χ4v) is 4.93. The first-order valence-electron chi connectivity index (χ1n) is 7.34. The minimum atomic E-state index is -3.62. The molecular weight excluding hydrogens is 384 g/mol. The van der Waals surface area contributed by atoms with Gasteiger partial charge in [0.05, 0.1) is 17.0 Å². The largest absolute Gasteiger partial charge is 0.497 e. The van der Waals surface area contributed by atoms with Gasteiger partial charge in [0.2, 0.25) is 10.0 Å². The van der Waals surface area contributed by atoms with Crippen LogP contribution in [0.5, 0.6) is 5.75 Å². The fraction of sp³-hybridized carbons (Fsp3) is 0.188. The van der Waals surface area contributed by atoms with Crippen LogP contribution in [0.2, 0.25) is 4.34 Å². The van der Waals surface area contributed by atoms with Gasteiger partial charge in [0.1, 0.15) is 9.96 Å². The lowest BCUT2D eigenvalue weighted by molar-refractivity contribution is 0.415. The summed E-state index contributed by atoms with van der Waals surface area (Å²) in [6.07, 6.45) is 0.273. The molecule has 3 rings (SSSR count). The van der Waals surface area contributed by atoms with E-state index in [1.807, 2.05) is 6.07 Å². The van der Waals surface area contributed by atoms with E-state index in [0.717, 1.165) is 16.7 Å². The summed E-state index contributed by atoms with van der Waals surface area (Å²) in [5.41, 5.74) is 0.922. The fourth-order valence-electron chi connectivity index (χ4n) is 2.37. The molecule has 0 amide bonds. The van der Waals surface area contributed by atoms with Gasteiger partial charge in [-0.3, -0.25) is 4.79 Å². The second-order valence-corrected chi connectivity index (χ2v) is 8.99. The smallest absolute Gasteiger partial charge is 0.251 e. The molecule has 0 spiro atoms. The van der Waals surface area contributed by atoms with Crippen LogP contribution in [-0.4, -0.2) is 27.1 Å². The van der Waals surface area contributed by atoms with Crippen LogP contribution in [0.15, 0.2) is 45.4 Å². The molecule has 6 nitrogen and oxygen atoms in total. The van der Waals surface area contributed by atoms with Crippen molar-refractivity contribution in [2.45, 2.75) is 10.6 Å². The van der Waals surface area contributed by atoms with Crippen molar-refractivity contribution in [3.05, 3.63) is 56.7 Å². The number of thiophene rings is 1. The Hall–Kier alpha value is -1.87. The van der Waals surface area contributed by atoms with Crippen molar-refractivity contribution >= 4 is 43.9 Å². The molecule has 0 saturated heterocycles. The van der Waals surface area contributed by atoms with Crippen LogP contribution in [0, 0.1) is 0 Å². The lowest BCUT2D eigenvalue weighted by Crippen LogP contribution is -2.27. The third-order valence-electron chi connectivity index (χ3n) is 3.63. The van der Waals surface area contributed by atoms with Crippen molar-refractivity contribution in [2.75, 3.05) is 13.7 Å². The van der Waals surface area contributed by atoms with Crippen LogP contribution >= 0.6 is 22.9 Å². The summed E-state index contributed by atoms with van der Waals surface area (Å²) in [4.78, 5) is 15.0. The van der Waals surface area contributed by atoms with E-state index in [0.29, 0.717) is 21.2 Å². The van der Waals surface area contributed by atoms with Gasteiger partial charge in [0.25, 0.3) is 5.56 Å². The predicted molar refractivity (Wildman–Crippen MR) is 99.3 cm³/mol. The van der Waals surface area contributed by atoms with Gasteiger partial charge in [-0.2, -0.15) is 0 Å². The Morgan fingerprint density at radius 3 is 2.72 bits per heavy atom. The number of rotatable bonds is 6. The van der Waals surface area contributed by atoms with E-state index in [9.17, 15) is 13.2 Å². The minimum absolute atomic E-state index is 0.114. The molecule has 2 heterocycles. The molecule has 0 bridgehead atoms. The Morgan fingerprint density at radius 2 is 2.04 bits per heavy atom. The van der Waals surface area contributed by atoms with Gasteiger partial charge < -0.3 is 9.72 Å². The van der Waals surface area contributed by atoms with Crippen LogP contribution in [0.4, 0.5) is 0 Å². The number of halogens is 1. The molecule has 0 fully saturated rings. The second-order valence-electron chi connectivity index (χ2n) is 5.28. The molecule has 25 heavy (non-hydrogen) atoms. The third-order valence-corrected chi connectivity index (χ3v) is 6.81. The molecule has 1 aromatic carbocycles. The molecule has 0 aliphatic heterocycles. The predicted octanol–water partition coefficient (Wildman–Crippen LogP) is 2.77. The number of aromatic amines is 1. The molecule has 132 valence electrons. The van der Waals surface area contributed by atoms with Crippen LogP contribution in [0.25, 0.3) is 10.9 Å². The highest BCUT2D eigenvalue weighted by Gasteiger charge is 2.16. The van der Waals surface area contributed by atoms with E-state index in [1.165, 1.54) is 12.1 Å². The maximum Gasteiger partial charge on any atom is 0.251 e. The number of nitrogens with one attached hydrogen (secondary N) is 2. The van der Waals surface area contributed by atoms with Gasteiger partial charge in [0.15, 0.2) is 0 Å². The molecule has 0 aliphatic carbocycles. The number of aromatic nitrogens is 1. The Bertz CT molecular complexity index is 1070. The van der Waals surface area contributed by atoms with Crippen molar-refractivity contribution in [3.8, 4) is 5.75 Å². The highest BCUT2D eigenvalue weighted by atomic mass is 35.5. The molecule has 3 aromatic rings. The average Bonchev–Trinajstić information content (AvgIpc) is 3.02. The molecule has 0 radical (unpaired) electrons. The highest BCUT2D eigenvalue weighted by Crippen LogP contribution is 2.25. The number of benzene rings is 1. The molecule has 0 atom stereocenters. The average molecular weight is 399 g/mol. The van der Waals surface area contributed by atoms with Crippen molar-refractivity contribution in [1.82, 2.24) is 9.71 Å². The number of hydrogen-bond donors (Lipinski definition) is 2. The van der Waals surface area contributed by atoms with E-state index in [2.05, 4.69) is 9.71 Å². The molecule has 9 heteroatoms. The molecule has 2 aromatic heterocycles. The minimum Gasteiger partial charge on any atom is -0.497 e. The van der Waals surface area contributed by atoms with Gasteiger partial charge >= 0.3 is 0 Å². The zero-order chi connectivity index (χ0) is 18.0. The lowest BCUT2D eigenvalue weighted by atomic mass is 10.1. The SMILES string of the molecule is COc1ccc2cc(CCNS(=O)(=O)c3ccc(Cl)s3)c(=O)[nH]c2c1. The van der Waals surface area contributed by atoms with E-state index < -0.39 is 10.0 Å². The number of sulfonamides is 1. The van der Waals surface area contributed by atoms with Crippen molar-refractivity contribution in [3.63, 3.8) is 0 Å². The van der Waals surface area contributed by atoms with E-state index in [1.54, 1.807) is 25.3 Å². The van der Waals surface area contributed by atoms with Gasteiger partial charge in [-0.15, -0.1) is 11.3 Å². The van der Waals surface area contributed by atoms with E-state index in [4.69, 9.17) is 16.3 Å². The first-order valence-corrected chi connectivity index (χ1v) is 10.0. The molecular formula is C16H15ClN2O4S2. The molecule has 0 saturated carbocycles. The summed E-state index contributed by atoms with van der Waals surface area (Å²) in [7, 11) is -2.06. The van der Waals surface area contributed by atoms with Crippen LogP contribution in [0.3, 0.4) is 0 Å². The highest BCUT2D eigenvalue weighted by molar-refractivity contribution is 7.91. The number of methoxy groups -OCH3 is 1. The van der Waals surface area contributed by atoms with Gasteiger partial charge in [-0.05, 0) is 42.1 Å². The van der Waals surface area contributed by atoms with Crippen LogP contribution in [-0.2, 0) is 16.4 Å². The van der Waals surface area contributed by atoms with E-state index in [-0.39, 0.29) is 22.7 Å². The van der Waals surface area contributed by atoms with Crippen LogP contribution < -0.4 is 15.0 Å². The first kappa shape index (κ1) is 17.9. The maximum atomic E-state index is 12.2. The quantitative estimate of drug-likeness (QED) is 0.668. The van der Waals surface area contributed by atoms with Gasteiger partial charge in [0, 0.05) is 18.2 Å². The normalized spacial score (nSPS) is 11.8. The van der Waals surface area contributed by atoms with Crippen molar-refractivity contribution < 1.29 is 13.2 Å². The van der Waals surface area contributed by atoms with Crippen molar-refractivity contribution in [1.29, 1.82) is 0 Å². The monoisotopic (exact) mass is 398 g/mol. The molecule has 0 unspecified atom stereocenters. The van der Waals surface area contributed by atoms with E-state index >= 15 is 0 Å². The van der Waals surface area contributed by atoms with Gasteiger partial charge in [-0.1, -0.05) is 11.6 Å². The molecule has 2 N–H and O–H groups in total. The summed E-state index contributed by atoms with van der Waals surface area (Å²) in [6.45, 7) is 0.114. The van der Waals surface area contributed by atoms with Crippen molar-refractivity contribution in [2.24, 2.45) is 0 Å². The maximum absolute atomic E-state index is 12.2. The zero-order valence-corrected chi connectivity index (χ0v) is 15.6. The Balaban J connectivity index is 1.75. The standard InChI is InChI=1S/C16H15ClN2O4S2/c1-23-12-3-2-10-8-11(16(20)19-13(10)9-12)6-7-18-25(21,22)15-5-4-14(17)24-15/h2-5,8-9,18H,6-7H2,1H3,(H,19,20). The summed E-state index contributed by atoms with van der Waals surface area (Å²) >= 11 is 6.75. The Kier molecular flexibility index (Phi) is 5.14.